The molecule has 0 radical (unpaired) electrons. The molecule has 1 saturated carbocycles. The number of amides is 1. The summed E-state index contributed by atoms with van der Waals surface area (Å²) in [5.41, 5.74) is 2.55. The van der Waals surface area contributed by atoms with Gasteiger partial charge < -0.3 is 10.1 Å². The first kappa shape index (κ1) is 23.7. The highest BCUT2D eigenvalue weighted by atomic mass is 32.2. The Hall–Kier alpha value is -1.93. The van der Waals surface area contributed by atoms with Crippen LogP contribution in [-0.2, 0) is 24.3 Å². The van der Waals surface area contributed by atoms with Gasteiger partial charge in [-0.15, -0.1) is 0 Å². The van der Waals surface area contributed by atoms with Gasteiger partial charge in [0.25, 0.3) is 0 Å². The second kappa shape index (κ2) is 8.90. The van der Waals surface area contributed by atoms with Crippen LogP contribution in [0.25, 0.3) is 0 Å². The van der Waals surface area contributed by atoms with Crippen LogP contribution in [0.3, 0.4) is 0 Å². The van der Waals surface area contributed by atoms with E-state index in [9.17, 15) is 18.0 Å². The van der Waals surface area contributed by atoms with E-state index in [1.165, 1.54) is 11.4 Å². The van der Waals surface area contributed by atoms with E-state index >= 15 is 0 Å². The minimum absolute atomic E-state index is 0.178. The fourth-order valence-corrected chi connectivity index (χ4v) is 6.99. The molecule has 1 aromatic carbocycles. The monoisotopic (exact) mass is 450 g/mol. The van der Waals surface area contributed by atoms with Crippen molar-refractivity contribution in [2.24, 2.45) is 5.92 Å². The number of hydrogen-bond acceptors (Lipinski definition) is 5. The normalized spacial score (nSPS) is 19.9. The van der Waals surface area contributed by atoms with E-state index < -0.39 is 15.6 Å². The van der Waals surface area contributed by atoms with Gasteiger partial charge in [-0.3, -0.25) is 4.79 Å². The lowest BCUT2D eigenvalue weighted by Gasteiger charge is -2.34. The van der Waals surface area contributed by atoms with E-state index in [0.717, 1.165) is 35.1 Å². The van der Waals surface area contributed by atoms with Gasteiger partial charge in [0.15, 0.2) is 0 Å². The van der Waals surface area contributed by atoms with Crippen molar-refractivity contribution in [1.29, 1.82) is 0 Å². The largest absolute Gasteiger partial charge is 0.467 e. The highest BCUT2D eigenvalue weighted by molar-refractivity contribution is 7.89. The third kappa shape index (κ3) is 4.37. The summed E-state index contributed by atoms with van der Waals surface area (Å²) in [6, 6.07) is 2.01. The number of nitrogens with one attached hydrogen (secondary N) is 1. The number of piperidine rings is 1. The van der Waals surface area contributed by atoms with Crippen molar-refractivity contribution in [1.82, 2.24) is 9.62 Å². The lowest BCUT2D eigenvalue weighted by molar-refractivity contribution is -0.151. The third-order valence-electron chi connectivity index (χ3n) is 7.12. The smallest absolute Gasteiger partial charge is 0.331 e. The zero-order chi connectivity index (χ0) is 23.0. The zero-order valence-corrected chi connectivity index (χ0v) is 20.0. The fraction of sp³-hybridized carbons (Fsp3) is 0.652. The molecule has 1 saturated heterocycles. The maximum absolute atomic E-state index is 13.4. The number of methoxy groups -OCH3 is 1. The molecule has 1 amide bonds. The second-order valence-electron chi connectivity index (χ2n) is 9.04. The zero-order valence-electron chi connectivity index (χ0n) is 19.2. The predicted molar refractivity (Wildman–Crippen MR) is 118 cm³/mol. The van der Waals surface area contributed by atoms with Crippen LogP contribution in [0.15, 0.2) is 11.0 Å². The summed E-state index contributed by atoms with van der Waals surface area (Å²) in [7, 11) is -2.30. The van der Waals surface area contributed by atoms with Crippen molar-refractivity contribution in [2.45, 2.75) is 76.7 Å². The minimum Gasteiger partial charge on any atom is -0.467 e. The van der Waals surface area contributed by atoms with Crippen LogP contribution >= 0.6 is 0 Å². The van der Waals surface area contributed by atoms with Crippen LogP contribution in [0.2, 0.25) is 0 Å². The number of carbonyl (C=O) groups excluding carboxylic acids is 2. The molecule has 1 aromatic rings. The third-order valence-corrected chi connectivity index (χ3v) is 9.29. The predicted octanol–water partition coefficient (Wildman–Crippen LogP) is 2.92. The number of ether oxygens (including phenoxy) is 1. The van der Waals surface area contributed by atoms with Crippen LogP contribution in [0.5, 0.6) is 0 Å². The number of aryl methyl sites for hydroxylation is 2. The number of benzene rings is 1. The SMILES string of the molecule is COC(=O)C1(NC(=O)C2CCN(S(=O)(=O)c3c(C)c(C)cc(C)c3C)CC2)CCCC1. The number of esters is 1. The van der Waals surface area contributed by atoms with Crippen molar-refractivity contribution < 1.29 is 22.7 Å². The molecule has 172 valence electrons. The van der Waals surface area contributed by atoms with Gasteiger partial charge >= 0.3 is 5.97 Å². The maximum atomic E-state index is 13.4. The Morgan fingerprint density at radius 3 is 2.03 bits per heavy atom. The van der Waals surface area contributed by atoms with Crippen molar-refractivity contribution in [3.63, 3.8) is 0 Å². The maximum Gasteiger partial charge on any atom is 0.331 e. The number of carbonyl (C=O) groups is 2. The molecule has 8 heteroatoms. The van der Waals surface area contributed by atoms with Gasteiger partial charge in [0, 0.05) is 19.0 Å². The molecule has 31 heavy (non-hydrogen) atoms. The molecule has 0 unspecified atom stereocenters. The van der Waals surface area contributed by atoms with E-state index in [1.54, 1.807) is 0 Å². The summed E-state index contributed by atoms with van der Waals surface area (Å²) in [5.74, 6) is -0.878. The summed E-state index contributed by atoms with van der Waals surface area (Å²) in [6.07, 6.45) is 3.80. The fourth-order valence-electron chi connectivity index (χ4n) is 4.95. The van der Waals surface area contributed by atoms with E-state index in [4.69, 9.17) is 4.74 Å². The van der Waals surface area contributed by atoms with Crippen LogP contribution in [0.1, 0.15) is 60.8 Å². The van der Waals surface area contributed by atoms with Crippen molar-refractivity contribution in [3.05, 3.63) is 28.3 Å². The molecule has 0 atom stereocenters. The van der Waals surface area contributed by atoms with E-state index in [1.807, 2.05) is 33.8 Å². The molecule has 1 N–H and O–H groups in total. The average Bonchev–Trinajstić information content (AvgIpc) is 3.21. The Kier molecular flexibility index (Phi) is 6.81. The molecular weight excluding hydrogens is 416 g/mol. The van der Waals surface area contributed by atoms with E-state index in [2.05, 4.69) is 5.32 Å². The molecule has 1 aliphatic carbocycles. The lowest BCUT2D eigenvalue weighted by atomic mass is 9.92. The first-order chi connectivity index (χ1) is 14.5. The van der Waals surface area contributed by atoms with Gasteiger partial charge in [-0.2, -0.15) is 4.31 Å². The van der Waals surface area contributed by atoms with Crippen molar-refractivity contribution >= 4 is 21.9 Å². The van der Waals surface area contributed by atoms with Gasteiger partial charge in [0.1, 0.15) is 5.54 Å². The molecule has 2 fully saturated rings. The molecule has 0 spiro atoms. The van der Waals surface area contributed by atoms with Gasteiger partial charge in [-0.1, -0.05) is 18.9 Å². The number of nitrogens with zero attached hydrogens (tertiary/aromatic N) is 1. The van der Waals surface area contributed by atoms with E-state index in [0.29, 0.717) is 30.6 Å². The second-order valence-corrected chi connectivity index (χ2v) is 10.9. The molecule has 2 aliphatic rings. The Morgan fingerprint density at radius 1 is 1.03 bits per heavy atom. The summed E-state index contributed by atoms with van der Waals surface area (Å²) in [4.78, 5) is 25.6. The molecule has 3 rings (SSSR count). The van der Waals surface area contributed by atoms with Crippen molar-refractivity contribution in [2.75, 3.05) is 20.2 Å². The first-order valence-corrected chi connectivity index (χ1v) is 12.5. The van der Waals surface area contributed by atoms with Crippen molar-refractivity contribution in [3.8, 4) is 0 Å². The number of rotatable bonds is 5. The minimum atomic E-state index is -3.64. The van der Waals surface area contributed by atoms with Crippen LogP contribution in [-0.4, -0.2) is 50.3 Å². The Morgan fingerprint density at radius 2 is 1.55 bits per heavy atom. The highest BCUT2D eigenvalue weighted by Crippen LogP contribution is 2.33. The molecule has 7 nitrogen and oxygen atoms in total. The summed E-state index contributed by atoms with van der Waals surface area (Å²) >= 11 is 0. The highest BCUT2D eigenvalue weighted by Gasteiger charge is 2.45. The Labute approximate surface area is 185 Å². The van der Waals surface area contributed by atoms with Gasteiger partial charge in [-0.05, 0) is 75.6 Å². The molecular formula is C23H34N2O5S. The average molecular weight is 451 g/mol. The topological polar surface area (TPSA) is 92.8 Å². The standard InChI is InChI=1S/C23H34N2O5S/c1-15-14-16(2)18(4)20(17(15)3)31(28,29)25-12-8-19(9-13-25)21(26)24-23(22(27)30-5)10-6-7-11-23/h14,19H,6-13H2,1-5H3,(H,24,26). The van der Waals surface area contributed by atoms with Gasteiger partial charge in [0.05, 0.1) is 12.0 Å². The van der Waals surface area contributed by atoms with Crippen LogP contribution in [0.4, 0.5) is 0 Å². The summed E-state index contributed by atoms with van der Waals surface area (Å²) < 4.78 is 33.3. The molecule has 0 bridgehead atoms. The molecule has 0 aromatic heterocycles. The summed E-state index contributed by atoms with van der Waals surface area (Å²) in [6.45, 7) is 8.13. The van der Waals surface area contributed by atoms with Crippen LogP contribution < -0.4 is 5.32 Å². The van der Waals surface area contributed by atoms with Crippen LogP contribution in [0, 0.1) is 33.6 Å². The van der Waals surface area contributed by atoms with Gasteiger partial charge in [0.2, 0.25) is 15.9 Å². The first-order valence-electron chi connectivity index (χ1n) is 11.0. The lowest BCUT2D eigenvalue weighted by Crippen LogP contribution is -2.55. The number of sulfonamides is 1. The molecule has 1 heterocycles. The Balaban J connectivity index is 1.72. The number of hydrogen-bond donors (Lipinski definition) is 1. The summed E-state index contributed by atoms with van der Waals surface area (Å²) in [5, 5.41) is 2.95. The van der Waals surface area contributed by atoms with E-state index in [-0.39, 0.29) is 30.9 Å². The Bertz CT molecular complexity index is 946. The quantitative estimate of drug-likeness (QED) is 0.697. The molecule has 1 aliphatic heterocycles. The van der Waals surface area contributed by atoms with Gasteiger partial charge in [-0.25, -0.2) is 13.2 Å².